The Morgan fingerprint density at radius 2 is 2.23 bits per heavy atom. The minimum Gasteiger partial charge on any atom is -0.409 e. The minimum atomic E-state index is 0.0353. The molecule has 0 radical (unpaired) electrons. The van der Waals surface area contributed by atoms with Crippen LogP contribution in [-0.2, 0) is 0 Å². The fourth-order valence-electron chi connectivity index (χ4n) is 1.86. The molecule has 1 fully saturated rings. The summed E-state index contributed by atoms with van der Waals surface area (Å²) in [6.07, 6.45) is 5.89. The molecular weight excluding hydrogens is 166 g/mol. The number of hydrogen-bond acceptors (Lipinski definition) is 3. The second-order valence-electron chi connectivity index (χ2n) is 3.63. The Morgan fingerprint density at radius 1 is 1.62 bits per heavy atom. The van der Waals surface area contributed by atoms with Gasteiger partial charge < -0.3 is 16.3 Å². The number of rotatable bonds is 4. The molecule has 0 spiro atoms. The Kier molecular flexibility index (Phi) is 4.02. The molecule has 1 aliphatic rings. The third-order valence-corrected chi connectivity index (χ3v) is 2.67. The first-order valence-corrected chi connectivity index (χ1v) is 5.01. The molecule has 0 heterocycles. The molecule has 76 valence electrons. The normalized spacial score (nSPS) is 22.1. The average Bonchev–Trinajstić information content (AvgIpc) is 2.65. The predicted octanol–water partition coefficient (Wildman–Crippen LogP) is 1.04. The zero-order chi connectivity index (χ0) is 9.68. The van der Waals surface area contributed by atoms with Gasteiger partial charge in [0.15, 0.2) is 5.84 Å². The molecule has 0 aromatic heterocycles. The Bertz CT molecular complexity index is 176. The first-order chi connectivity index (χ1) is 6.27. The van der Waals surface area contributed by atoms with Crippen LogP contribution in [0.2, 0.25) is 0 Å². The van der Waals surface area contributed by atoms with Crippen LogP contribution in [0.5, 0.6) is 0 Å². The summed E-state index contributed by atoms with van der Waals surface area (Å²) >= 11 is 0. The van der Waals surface area contributed by atoms with Crippen LogP contribution >= 0.6 is 0 Å². The van der Waals surface area contributed by atoms with E-state index < -0.39 is 0 Å². The smallest absolute Gasteiger partial charge is 0.156 e. The summed E-state index contributed by atoms with van der Waals surface area (Å²) in [6, 6.07) is 0.596. The fourth-order valence-corrected chi connectivity index (χ4v) is 1.86. The van der Waals surface area contributed by atoms with Gasteiger partial charge in [-0.15, -0.1) is 0 Å². The predicted molar refractivity (Wildman–Crippen MR) is 52.9 cm³/mol. The topological polar surface area (TPSA) is 70.6 Å². The van der Waals surface area contributed by atoms with Crippen molar-refractivity contribution < 1.29 is 5.21 Å². The van der Waals surface area contributed by atoms with Gasteiger partial charge in [-0.25, -0.2) is 0 Å². The van der Waals surface area contributed by atoms with E-state index in [1.165, 1.54) is 25.7 Å². The van der Waals surface area contributed by atoms with Crippen LogP contribution in [0.15, 0.2) is 5.16 Å². The average molecular weight is 185 g/mol. The second kappa shape index (κ2) is 5.07. The van der Waals surface area contributed by atoms with E-state index in [0.717, 1.165) is 6.42 Å². The zero-order valence-corrected chi connectivity index (χ0v) is 8.16. The van der Waals surface area contributed by atoms with Gasteiger partial charge in [-0.05, 0) is 19.3 Å². The van der Waals surface area contributed by atoms with E-state index in [2.05, 4.69) is 10.5 Å². The second-order valence-corrected chi connectivity index (χ2v) is 3.63. The van der Waals surface area contributed by atoms with Gasteiger partial charge in [0.25, 0.3) is 0 Å². The van der Waals surface area contributed by atoms with Crippen molar-refractivity contribution in [2.24, 2.45) is 10.9 Å². The van der Waals surface area contributed by atoms with E-state index in [4.69, 9.17) is 10.9 Å². The highest BCUT2D eigenvalue weighted by Crippen LogP contribution is 2.18. The Labute approximate surface area is 79.2 Å². The van der Waals surface area contributed by atoms with Gasteiger partial charge in [0.05, 0.1) is 6.04 Å². The summed E-state index contributed by atoms with van der Waals surface area (Å²) in [5, 5.41) is 15.0. The molecule has 0 aliphatic heterocycles. The molecule has 0 aromatic carbocycles. The molecule has 1 rings (SSSR count). The molecule has 4 nitrogen and oxygen atoms in total. The summed E-state index contributed by atoms with van der Waals surface area (Å²) in [5.41, 5.74) is 5.54. The van der Waals surface area contributed by atoms with Crippen LogP contribution in [0.25, 0.3) is 0 Å². The Balaban J connectivity index is 2.38. The van der Waals surface area contributed by atoms with Gasteiger partial charge in [-0.1, -0.05) is 24.9 Å². The van der Waals surface area contributed by atoms with E-state index in [1.54, 1.807) is 0 Å². The van der Waals surface area contributed by atoms with Crippen molar-refractivity contribution in [3.8, 4) is 0 Å². The van der Waals surface area contributed by atoms with E-state index in [-0.39, 0.29) is 6.04 Å². The minimum absolute atomic E-state index is 0.0353. The maximum Gasteiger partial charge on any atom is 0.156 e. The quantitative estimate of drug-likeness (QED) is 0.265. The molecule has 0 saturated heterocycles. The third kappa shape index (κ3) is 2.88. The molecule has 13 heavy (non-hydrogen) atoms. The van der Waals surface area contributed by atoms with Crippen molar-refractivity contribution in [3.63, 3.8) is 0 Å². The van der Waals surface area contributed by atoms with Crippen LogP contribution < -0.4 is 11.1 Å². The lowest BCUT2D eigenvalue weighted by molar-refractivity contribution is 0.313. The van der Waals surface area contributed by atoms with Crippen LogP contribution in [0.1, 0.15) is 39.0 Å². The van der Waals surface area contributed by atoms with Crippen LogP contribution in [0.3, 0.4) is 0 Å². The molecule has 4 heteroatoms. The summed E-state index contributed by atoms with van der Waals surface area (Å²) in [5.74, 6) is 0.300. The molecule has 1 saturated carbocycles. The molecule has 4 N–H and O–H groups in total. The Hall–Kier alpha value is -0.770. The van der Waals surface area contributed by atoms with Crippen LogP contribution in [-0.4, -0.2) is 23.1 Å². The molecule has 1 aliphatic carbocycles. The lowest BCUT2D eigenvalue weighted by Gasteiger charge is -2.20. The molecular formula is C9H19N3O. The highest BCUT2D eigenvalue weighted by atomic mass is 16.4. The molecule has 1 atom stereocenters. The summed E-state index contributed by atoms with van der Waals surface area (Å²) in [7, 11) is 0. The Morgan fingerprint density at radius 3 is 2.69 bits per heavy atom. The standard InChI is InChI=1S/C9H19N3O/c1-2-8(9(10)12-13)11-7-5-3-4-6-7/h7-8,11,13H,2-6H2,1H3,(H2,10,12). The van der Waals surface area contributed by atoms with Gasteiger partial charge >= 0.3 is 0 Å². The first-order valence-electron chi connectivity index (χ1n) is 5.01. The van der Waals surface area contributed by atoms with E-state index in [9.17, 15) is 0 Å². The number of nitrogens with one attached hydrogen (secondary N) is 1. The van der Waals surface area contributed by atoms with Crippen molar-refractivity contribution in [3.05, 3.63) is 0 Å². The summed E-state index contributed by atoms with van der Waals surface area (Å²) < 4.78 is 0. The van der Waals surface area contributed by atoms with E-state index in [0.29, 0.717) is 11.9 Å². The lowest BCUT2D eigenvalue weighted by atomic mass is 10.1. The van der Waals surface area contributed by atoms with E-state index in [1.807, 2.05) is 6.92 Å². The monoisotopic (exact) mass is 185 g/mol. The van der Waals surface area contributed by atoms with Gasteiger partial charge in [-0.3, -0.25) is 0 Å². The van der Waals surface area contributed by atoms with Gasteiger partial charge in [0.2, 0.25) is 0 Å². The van der Waals surface area contributed by atoms with Crippen LogP contribution in [0, 0.1) is 0 Å². The van der Waals surface area contributed by atoms with Gasteiger partial charge in [0.1, 0.15) is 0 Å². The SMILES string of the molecule is CCC(NC1CCCC1)C(N)=NO. The molecule has 0 amide bonds. The van der Waals surface area contributed by atoms with E-state index >= 15 is 0 Å². The highest BCUT2D eigenvalue weighted by molar-refractivity contribution is 5.85. The molecule has 0 aromatic rings. The van der Waals surface area contributed by atoms with Crippen molar-refractivity contribution in [1.82, 2.24) is 5.32 Å². The summed E-state index contributed by atoms with van der Waals surface area (Å²) in [6.45, 7) is 2.03. The number of oxime groups is 1. The third-order valence-electron chi connectivity index (χ3n) is 2.67. The van der Waals surface area contributed by atoms with Gasteiger partial charge in [-0.2, -0.15) is 0 Å². The molecule has 0 bridgehead atoms. The number of hydrogen-bond donors (Lipinski definition) is 3. The van der Waals surface area contributed by atoms with Crippen molar-refractivity contribution in [1.29, 1.82) is 0 Å². The highest BCUT2D eigenvalue weighted by Gasteiger charge is 2.20. The zero-order valence-electron chi connectivity index (χ0n) is 8.16. The van der Waals surface area contributed by atoms with Gasteiger partial charge in [0, 0.05) is 6.04 Å². The number of amidine groups is 1. The largest absolute Gasteiger partial charge is 0.409 e. The fraction of sp³-hybridized carbons (Fsp3) is 0.889. The van der Waals surface area contributed by atoms with Crippen molar-refractivity contribution in [2.45, 2.75) is 51.1 Å². The number of nitrogens with zero attached hydrogens (tertiary/aromatic N) is 1. The maximum absolute atomic E-state index is 8.53. The van der Waals surface area contributed by atoms with Crippen molar-refractivity contribution in [2.75, 3.05) is 0 Å². The first kappa shape index (κ1) is 10.3. The van der Waals surface area contributed by atoms with Crippen molar-refractivity contribution >= 4 is 5.84 Å². The maximum atomic E-state index is 8.53. The summed E-state index contributed by atoms with van der Waals surface area (Å²) in [4.78, 5) is 0. The van der Waals surface area contributed by atoms with Crippen LogP contribution in [0.4, 0.5) is 0 Å². The number of nitrogens with two attached hydrogens (primary N) is 1. The lowest BCUT2D eigenvalue weighted by Crippen LogP contribution is -2.45. The molecule has 1 unspecified atom stereocenters.